The number of carbonyl (C=O) groups is 1. The molecule has 0 bridgehead atoms. The van der Waals surface area contributed by atoms with E-state index in [1.807, 2.05) is 30.3 Å². The molecule has 37 heavy (non-hydrogen) atoms. The molecule has 0 unspecified atom stereocenters. The van der Waals surface area contributed by atoms with Crippen molar-refractivity contribution in [2.45, 2.75) is 123 Å². The van der Waals surface area contributed by atoms with Crippen molar-refractivity contribution in [1.29, 1.82) is 0 Å². The van der Waals surface area contributed by atoms with E-state index < -0.39 is 0 Å². The molecule has 0 N–H and O–H groups in total. The highest BCUT2D eigenvalue weighted by molar-refractivity contribution is 5.89. The fraction of sp³-hybridized carbons (Fsp3) is 0.794. The SMILES string of the molecule is CC(C)CCC[C@@H](C)[C@H]1CC[C@H]2[C@@H]3C[C@@H]4O[C@@]45C[C@@H](OC(=O)c4ccccc4)CC[C@]5(C)[C@H]3CC[C@]12C. The normalized spacial score (nSPS) is 44.8. The number of ether oxygens (including phenoxy) is 2. The van der Waals surface area contributed by atoms with Crippen LogP contribution >= 0.6 is 0 Å². The van der Waals surface area contributed by atoms with E-state index in [-0.39, 0.29) is 23.1 Å². The second-order valence-corrected chi connectivity index (χ2v) is 14.7. The van der Waals surface area contributed by atoms with Gasteiger partial charge in [-0.25, -0.2) is 4.79 Å². The van der Waals surface area contributed by atoms with Gasteiger partial charge in [-0.1, -0.05) is 72.1 Å². The van der Waals surface area contributed by atoms with Gasteiger partial charge in [-0.2, -0.15) is 0 Å². The molecule has 1 saturated heterocycles. The molecule has 6 rings (SSSR count). The highest BCUT2D eigenvalue weighted by Crippen LogP contribution is 2.74. The van der Waals surface area contributed by atoms with E-state index in [1.54, 1.807) is 0 Å². The van der Waals surface area contributed by atoms with Crippen molar-refractivity contribution in [1.82, 2.24) is 0 Å². The third-order valence-electron chi connectivity index (χ3n) is 12.5. The average Bonchev–Trinajstić information content (AvgIpc) is 3.45. The highest BCUT2D eigenvalue weighted by atomic mass is 16.6. The molecule has 1 aromatic rings. The Morgan fingerprint density at radius 1 is 1.00 bits per heavy atom. The van der Waals surface area contributed by atoms with Gasteiger partial charge in [0.25, 0.3) is 0 Å². The van der Waals surface area contributed by atoms with Crippen LogP contribution in [0.1, 0.15) is 116 Å². The van der Waals surface area contributed by atoms with Crippen LogP contribution in [0.15, 0.2) is 30.3 Å². The lowest BCUT2D eigenvalue weighted by molar-refractivity contribution is -0.118. The summed E-state index contributed by atoms with van der Waals surface area (Å²) in [4.78, 5) is 12.8. The van der Waals surface area contributed by atoms with Crippen molar-refractivity contribution in [2.24, 2.45) is 46.3 Å². The Hall–Kier alpha value is -1.35. The Bertz CT molecular complexity index is 988. The maximum Gasteiger partial charge on any atom is 0.338 e. The minimum Gasteiger partial charge on any atom is -0.459 e. The number of esters is 1. The Balaban J connectivity index is 1.14. The summed E-state index contributed by atoms with van der Waals surface area (Å²) >= 11 is 0. The van der Waals surface area contributed by atoms with E-state index in [0.717, 1.165) is 54.8 Å². The fourth-order valence-corrected chi connectivity index (χ4v) is 10.6. The second-order valence-electron chi connectivity index (χ2n) is 14.7. The number of benzene rings is 1. The fourth-order valence-electron chi connectivity index (χ4n) is 10.6. The van der Waals surface area contributed by atoms with Crippen LogP contribution in [0.5, 0.6) is 0 Å². The zero-order chi connectivity index (χ0) is 26.0. The van der Waals surface area contributed by atoms with Crippen LogP contribution in [0.25, 0.3) is 0 Å². The average molecular weight is 507 g/mol. The molecule has 4 aliphatic carbocycles. The molecule has 0 amide bonds. The van der Waals surface area contributed by atoms with Crippen LogP contribution in [-0.2, 0) is 9.47 Å². The summed E-state index contributed by atoms with van der Waals surface area (Å²) < 4.78 is 12.8. The summed E-state index contributed by atoms with van der Waals surface area (Å²) in [6.07, 6.45) is 14.5. The summed E-state index contributed by atoms with van der Waals surface area (Å²) in [5, 5.41) is 0. The van der Waals surface area contributed by atoms with Gasteiger partial charge >= 0.3 is 5.97 Å². The first kappa shape index (κ1) is 25.9. The number of carbonyl (C=O) groups excluding carboxylic acids is 1. The van der Waals surface area contributed by atoms with Gasteiger partial charge in [-0.15, -0.1) is 0 Å². The van der Waals surface area contributed by atoms with Crippen molar-refractivity contribution < 1.29 is 14.3 Å². The molecular formula is C34H50O3. The van der Waals surface area contributed by atoms with E-state index in [2.05, 4.69) is 34.6 Å². The number of hydrogen-bond acceptors (Lipinski definition) is 3. The first-order valence-electron chi connectivity index (χ1n) is 15.6. The van der Waals surface area contributed by atoms with Crippen molar-refractivity contribution in [2.75, 3.05) is 0 Å². The molecule has 3 heteroatoms. The molecule has 1 aromatic carbocycles. The number of fused-ring (bicyclic) bond motifs is 4. The number of hydrogen-bond donors (Lipinski definition) is 0. The highest BCUT2D eigenvalue weighted by Gasteiger charge is 2.76. The standard InChI is InChI=1S/C34H50O3/c1-22(2)10-9-11-23(3)27-14-15-28-26-20-30-34(37-30)21-25(36-31(35)24-12-7-6-8-13-24)16-19-33(34,5)29(26)17-18-32(27,28)4/h6-8,12-13,22-23,25-30H,9-11,14-21H2,1-5H3/t23-,25+,26+,27-,28+,29+,30+,32-,33-,34+/m1/s1. The largest absolute Gasteiger partial charge is 0.459 e. The smallest absolute Gasteiger partial charge is 0.338 e. The zero-order valence-corrected chi connectivity index (χ0v) is 24.0. The van der Waals surface area contributed by atoms with Crippen LogP contribution in [0.2, 0.25) is 0 Å². The molecule has 3 nitrogen and oxygen atoms in total. The molecule has 5 fully saturated rings. The zero-order valence-electron chi connectivity index (χ0n) is 24.0. The number of rotatable bonds is 7. The molecule has 4 saturated carbocycles. The quantitative estimate of drug-likeness (QED) is 0.275. The Labute approximate surface area is 225 Å². The first-order chi connectivity index (χ1) is 17.7. The Kier molecular flexibility index (Phi) is 6.57. The maximum atomic E-state index is 12.8. The van der Waals surface area contributed by atoms with E-state index in [4.69, 9.17) is 9.47 Å². The molecular weight excluding hydrogens is 456 g/mol. The van der Waals surface area contributed by atoms with Crippen LogP contribution in [0.4, 0.5) is 0 Å². The second kappa shape index (κ2) is 9.39. The third-order valence-corrected chi connectivity index (χ3v) is 12.5. The lowest BCUT2D eigenvalue weighted by Crippen LogP contribution is -2.59. The van der Waals surface area contributed by atoms with Gasteiger partial charge in [-0.05, 0) is 98.0 Å². The monoisotopic (exact) mass is 506 g/mol. The molecule has 5 aliphatic rings. The van der Waals surface area contributed by atoms with Crippen LogP contribution in [0, 0.1) is 46.3 Å². The topological polar surface area (TPSA) is 38.8 Å². The van der Waals surface area contributed by atoms with Crippen molar-refractivity contribution >= 4 is 5.97 Å². The van der Waals surface area contributed by atoms with Crippen molar-refractivity contribution in [3.8, 4) is 0 Å². The Morgan fingerprint density at radius 3 is 2.54 bits per heavy atom. The van der Waals surface area contributed by atoms with Gasteiger partial charge in [0.1, 0.15) is 11.7 Å². The van der Waals surface area contributed by atoms with Gasteiger partial charge in [0.05, 0.1) is 11.7 Å². The Morgan fingerprint density at radius 2 is 1.78 bits per heavy atom. The molecule has 204 valence electrons. The summed E-state index contributed by atoms with van der Waals surface area (Å²) in [6.45, 7) is 12.5. The lowest BCUT2D eigenvalue weighted by atomic mass is 9.44. The van der Waals surface area contributed by atoms with E-state index in [0.29, 0.717) is 17.1 Å². The minimum absolute atomic E-state index is 0.0151. The summed E-state index contributed by atoms with van der Waals surface area (Å²) in [7, 11) is 0. The number of epoxide rings is 1. The van der Waals surface area contributed by atoms with Gasteiger partial charge in [0.15, 0.2) is 0 Å². The van der Waals surface area contributed by atoms with Gasteiger partial charge in [0.2, 0.25) is 0 Å². The molecule has 0 radical (unpaired) electrons. The van der Waals surface area contributed by atoms with Crippen LogP contribution < -0.4 is 0 Å². The summed E-state index contributed by atoms with van der Waals surface area (Å²) in [5.74, 6) is 4.87. The molecule has 10 atom stereocenters. The van der Waals surface area contributed by atoms with E-state index >= 15 is 0 Å². The van der Waals surface area contributed by atoms with Crippen LogP contribution in [0.3, 0.4) is 0 Å². The summed E-state index contributed by atoms with van der Waals surface area (Å²) in [6, 6.07) is 9.47. The van der Waals surface area contributed by atoms with Crippen molar-refractivity contribution in [3.63, 3.8) is 0 Å². The molecule has 0 aromatic heterocycles. The van der Waals surface area contributed by atoms with Gasteiger partial charge in [-0.3, -0.25) is 0 Å². The van der Waals surface area contributed by atoms with E-state index in [9.17, 15) is 4.79 Å². The predicted molar refractivity (Wildman–Crippen MR) is 148 cm³/mol. The molecule has 1 spiro atoms. The third kappa shape index (κ3) is 4.12. The first-order valence-corrected chi connectivity index (χ1v) is 15.6. The van der Waals surface area contributed by atoms with Gasteiger partial charge < -0.3 is 9.47 Å². The maximum absolute atomic E-state index is 12.8. The molecule has 1 aliphatic heterocycles. The van der Waals surface area contributed by atoms with Crippen molar-refractivity contribution in [3.05, 3.63) is 35.9 Å². The van der Waals surface area contributed by atoms with Gasteiger partial charge in [0, 0.05) is 11.8 Å². The van der Waals surface area contributed by atoms with Crippen LogP contribution in [-0.4, -0.2) is 23.8 Å². The van der Waals surface area contributed by atoms with E-state index in [1.165, 1.54) is 51.4 Å². The molecule has 1 heterocycles. The minimum atomic E-state index is -0.176. The summed E-state index contributed by atoms with van der Waals surface area (Å²) in [5.41, 5.74) is 1.36. The predicted octanol–water partition coefficient (Wildman–Crippen LogP) is 8.46. The lowest BCUT2D eigenvalue weighted by Gasteiger charge is -2.59.